The highest BCUT2D eigenvalue weighted by Gasteiger charge is 2.45. The molecular formula is C24H19N3O6S. The van der Waals surface area contributed by atoms with Crippen LogP contribution >= 0.6 is 11.3 Å². The molecule has 172 valence electrons. The predicted molar refractivity (Wildman–Crippen MR) is 127 cm³/mol. The van der Waals surface area contributed by atoms with Crippen molar-refractivity contribution < 1.29 is 18.9 Å². The van der Waals surface area contributed by atoms with Gasteiger partial charge < -0.3 is 9.15 Å². The number of ether oxygens (including phenoxy) is 1. The minimum atomic E-state index is -0.833. The number of nitrogens with zero attached hydrogens (tertiary/aromatic N) is 3. The van der Waals surface area contributed by atoms with E-state index in [1.807, 2.05) is 20.8 Å². The van der Waals surface area contributed by atoms with Gasteiger partial charge in [-0.2, -0.15) is 0 Å². The third kappa shape index (κ3) is 3.34. The van der Waals surface area contributed by atoms with Crippen molar-refractivity contribution in [3.05, 3.63) is 90.3 Å². The number of aryl methyl sites for hydroxylation is 2. The summed E-state index contributed by atoms with van der Waals surface area (Å²) in [7, 11) is 0. The number of nitro benzene ring substituents is 1. The second-order valence-corrected chi connectivity index (χ2v) is 9.01. The molecule has 1 aliphatic rings. The van der Waals surface area contributed by atoms with Gasteiger partial charge in [0, 0.05) is 23.1 Å². The molecule has 1 unspecified atom stereocenters. The lowest BCUT2D eigenvalue weighted by Gasteiger charge is -2.22. The lowest BCUT2D eigenvalue weighted by Crippen LogP contribution is -2.29. The molecule has 34 heavy (non-hydrogen) atoms. The van der Waals surface area contributed by atoms with E-state index < -0.39 is 16.9 Å². The maximum atomic E-state index is 13.6. The summed E-state index contributed by atoms with van der Waals surface area (Å²) in [6, 6.07) is 9.86. The Balaban J connectivity index is 1.76. The molecule has 0 bridgehead atoms. The number of hydrogen-bond acceptors (Lipinski definition) is 8. The van der Waals surface area contributed by atoms with Crippen molar-refractivity contribution in [2.45, 2.75) is 26.8 Å². The van der Waals surface area contributed by atoms with Gasteiger partial charge in [-0.3, -0.25) is 24.6 Å². The minimum absolute atomic E-state index is 0.0694. The van der Waals surface area contributed by atoms with Crippen LogP contribution in [0.1, 0.15) is 45.2 Å². The van der Waals surface area contributed by atoms with Crippen molar-refractivity contribution in [1.82, 2.24) is 4.98 Å². The molecule has 0 spiro atoms. The monoisotopic (exact) mass is 477 g/mol. The highest BCUT2D eigenvalue weighted by Crippen LogP contribution is 2.43. The number of nitro groups is 1. The largest absolute Gasteiger partial charge is 0.494 e. The lowest BCUT2D eigenvalue weighted by molar-refractivity contribution is -0.384. The van der Waals surface area contributed by atoms with Crippen LogP contribution in [0.25, 0.3) is 11.0 Å². The number of thiazole rings is 1. The van der Waals surface area contributed by atoms with E-state index in [4.69, 9.17) is 9.15 Å². The molecule has 1 aliphatic heterocycles. The topological polar surface area (TPSA) is 116 Å². The average molecular weight is 477 g/mol. The van der Waals surface area contributed by atoms with Crippen LogP contribution in [0.5, 0.6) is 5.75 Å². The Morgan fingerprint density at radius 1 is 1.18 bits per heavy atom. The van der Waals surface area contributed by atoms with Gasteiger partial charge in [0.25, 0.3) is 11.6 Å². The molecule has 10 heteroatoms. The van der Waals surface area contributed by atoms with E-state index in [0.29, 0.717) is 28.4 Å². The number of amides is 1. The zero-order chi connectivity index (χ0) is 24.1. The van der Waals surface area contributed by atoms with Crippen LogP contribution in [0.2, 0.25) is 0 Å². The van der Waals surface area contributed by atoms with Gasteiger partial charge in [-0.1, -0.05) is 0 Å². The molecule has 2 aromatic carbocycles. The molecule has 0 saturated carbocycles. The van der Waals surface area contributed by atoms with Crippen molar-refractivity contribution in [2.75, 3.05) is 11.5 Å². The Hall–Kier alpha value is -4.05. The highest BCUT2D eigenvalue weighted by atomic mass is 32.1. The van der Waals surface area contributed by atoms with Crippen molar-refractivity contribution >= 4 is 39.0 Å². The minimum Gasteiger partial charge on any atom is -0.494 e. The summed E-state index contributed by atoms with van der Waals surface area (Å²) in [5, 5.41) is 11.9. The standard InChI is InChI=1S/C24H19N3O6S/c1-4-32-16-9-10-17-18(11-16)33-22-19(21(17)28)20(14-5-7-15(8-6-14)27(30)31)26(23(22)29)24-25-12(2)13(3)34-24/h5-11,20H,4H2,1-3H3. The second kappa shape index (κ2) is 8.07. The normalized spacial score (nSPS) is 15.1. The molecule has 0 N–H and O–H groups in total. The SMILES string of the molecule is CCOc1ccc2c(=O)c3c(oc2c1)C(=O)N(c1nc(C)c(C)s1)C3c1ccc([N+](=O)[O-])cc1. The Morgan fingerprint density at radius 2 is 1.91 bits per heavy atom. The fourth-order valence-electron chi connectivity index (χ4n) is 4.06. The lowest BCUT2D eigenvalue weighted by atomic mass is 9.98. The molecule has 2 aromatic heterocycles. The van der Waals surface area contributed by atoms with Gasteiger partial charge >= 0.3 is 0 Å². The molecule has 1 amide bonds. The number of aromatic nitrogens is 1. The van der Waals surface area contributed by atoms with Gasteiger partial charge in [-0.05, 0) is 50.6 Å². The first-order valence-electron chi connectivity index (χ1n) is 10.6. The number of fused-ring (bicyclic) bond motifs is 2. The maximum absolute atomic E-state index is 13.6. The Morgan fingerprint density at radius 3 is 2.53 bits per heavy atom. The fraction of sp³-hybridized carbons (Fsp3) is 0.208. The van der Waals surface area contributed by atoms with Crippen LogP contribution in [-0.4, -0.2) is 22.4 Å². The van der Waals surface area contributed by atoms with Crippen LogP contribution in [-0.2, 0) is 0 Å². The van der Waals surface area contributed by atoms with E-state index in [9.17, 15) is 19.7 Å². The Bertz CT molecular complexity index is 1500. The summed E-state index contributed by atoms with van der Waals surface area (Å²) in [6.07, 6.45) is 0. The summed E-state index contributed by atoms with van der Waals surface area (Å²) in [5.74, 6) is -0.0357. The molecule has 4 aromatic rings. The highest BCUT2D eigenvalue weighted by molar-refractivity contribution is 7.15. The van der Waals surface area contributed by atoms with Crippen LogP contribution in [0.3, 0.4) is 0 Å². The van der Waals surface area contributed by atoms with Crippen LogP contribution in [0.4, 0.5) is 10.8 Å². The van der Waals surface area contributed by atoms with Crippen LogP contribution < -0.4 is 15.1 Å². The number of hydrogen-bond donors (Lipinski definition) is 0. The van der Waals surface area contributed by atoms with Crippen LogP contribution in [0, 0.1) is 24.0 Å². The summed E-state index contributed by atoms with van der Waals surface area (Å²) in [6.45, 7) is 6.03. The Labute approximate surface area is 197 Å². The Kier molecular flexibility index (Phi) is 5.17. The van der Waals surface area contributed by atoms with Gasteiger partial charge in [-0.25, -0.2) is 4.98 Å². The molecule has 1 atom stereocenters. The predicted octanol–water partition coefficient (Wildman–Crippen LogP) is 4.92. The van der Waals surface area contributed by atoms with Gasteiger partial charge in [0.2, 0.25) is 5.76 Å². The first kappa shape index (κ1) is 21.8. The van der Waals surface area contributed by atoms with E-state index >= 15 is 0 Å². The summed E-state index contributed by atoms with van der Waals surface area (Å²) < 4.78 is 11.5. The fourth-order valence-corrected chi connectivity index (χ4v) is 4.99. The zero-order valence-corrected chi connectivity index (χ0v) is 19.3. The van der Waals surface area contributed by atoms with Gasteiger partial charge in [0.1, 0.15) is 11.3 Å². The van der Waals surface area contributed by atoms with Crippen molar-refractivity contribution in [3.8, 4) is 5.75 Å². The molecule has 3 heterocycles. The average Bonchev–Trinajstić information content (AvgIpc) is 3.30. The number of non-ortho nitro benzene ring substituents is 1. The third-order valence-electron chi connectivity index (χ3n) is 5.80. The smallest absolute Gasteiger partial charge is 0.297 e. The first-order valence-corrected chi connectivity index (χ1v) is 11.4. The zero-order valence-electron chi connectivity index (χ0n) is 18.5. The van der Waals surface area contributed by atoms with Crippen LogP contribution in [0.15, 0.2) is 51.7 Å². The third-order valence-corrected chi connectivity index (χ3v) is 6.87. The summed E-state index contributed by atoms with van der Waals surface area (Å²) in [4.78, 5) is 44.8. The number of carbonyl (C=O) groups excluding carboxylic acids is 1. The molecule has 0 aliphatic carbocycles. The molecular weight excluding hydrogens is 458 g/mol. The first-order chi connectivity index (χ1) is 16.3. The maximum Gasteiger partial charge on any atom is 0.297 e. The van der Waals surface area contributed by atoms with Gasteiger partial charge in [0.05, 0.1) is 34.2 Å². The van der Waals surface area contributed by atoms with Gasteiger partial charge in [-0.15, -0.1) is 11.3 Å². The number of carbonyl (C=O) groups is 1. The molecule has 5 rings (SSSR count). The van der Waals surface area contributed by atoms with Crippen molar-refractivity contribution in [2.24, 2.45) is 0 Å². The molecule has 0 saturated heterocycles. The van der Waals surface area contributed by atoms with E-state index in [-0.39, 0.29) is 28.0 Å². The van der Waals surface area contributed by atoms with Crippen molar-refractivity contribution in [1.29, 1.82) is 0 Å². The second-order valence-electron chi connectivity index (χ2n) is 7.83. The van der Waals surface area contributed by atoms with E-state index in [1.165, 1.54) is 28.4 Å². The number of anilines is 1. The van der Waals surface area contributed by atoms with Gasteiger partial charge in [0.15, 0.2) is 10.6 Å². The number of benzene rings is 2. The summed E-state index contributed by atoms with van der Waals surface area (Å²) >= 11 is 1.33. The van der Waals surface area contributed by atoms with E-state index in [0.717, 1.165) is 10.6 Å². The molecule has 0 radical (unpaired) electrons. The van der Waals surface area contributed by atoms with Crippen molar-refractivity contribution in [3.63, 3.8) is 0 Å². The number of rotatable bonds is 5. The van der Waals surface area contributed by atoms with E-state index in [2.05, 4.69) is 4.98 Å². The molecule has 9 nitrogen and oxygen atoms in total. The van der Waals surface area contributed by atoms with E-state index in [1.54, 1.807) is 30.3 Å². The quantitative estimate of drug-likeness (QED) is 0.296. The molecule has 0 fully saturated rings. The summed E-state index contributed by atoms with van der Waals surface area (Å²) in [5.41, 5.74) is 1.32.